The van der Waals surface area contributed by atoms with Crippen LogP contribution >= 0.6 is 0 Å². The van der Waals surface area contributed by atoms with Crippen LogP contribution in [0, 0.1) is 23.7 Å². The molecule has 0 spiro atoms. The van der Waals surface area contributed by atoms with Crippen LogP contribution in [0.4, 0.5) is 0 Å². The molecule has 0 bridgehead atoms. The Hall–Kier alpha value is -1.92. The number of likely N-dealkylation sites (tertiary alicyclic amines) is 1. The Bertz CT molecular complexity index is 763. The fraction of sp³-hybridized carbons (Fsp3) is 0.636. The normalized spacial score (nSPS) is 37.2. The predicted molar refractivity (Wildman–Crippen MR) is 102 cm³/mol. The zero-order valence-corrected chi connectivity index (χ0v) is 16.5. The maximum Gasteiger partial charge on any atom is 0.233 e. The topological polar surface area (TPSA) is 87.1 Å². The molecule has 1 aliphatic carbocycles. The van der Waals surface area contributed by atoms with Crippen molar-refractivity contribution in [3.63, 3.8) is 0 Å². The van der Waals surface area contributed by atoms with Crippen molar-refractivity contribution in [3.05, 3.63) is 29.8 Å². The number of carbonyl (C=O) groups excluding carboxylic acids is 2. The van der Waals surface area contributed by atoms with Crippen molar-refractivity contribution in [1.82, 2.24) is 4.90 Å². The Labute approximate surface area is 165 Å². The lowest BCUT2D eigenvalue weighted by atomic mass is 9.63. The summed E-state index contributed by atoms with van der Waals surface area (Å²) in [7, 11) is 0. The third-order valence-corrected chi connectivity index (χ3v) is 6.80. The first-order valence-electron chi connectivity index (χ1n) is 10.4. The molecule has 2 N–H and O–H groups in total. The van der Waals surface area contributed by atoms with Gasteiger partial charge in [-0.25, -0.2) is 0 Å². The van der Waals surface area contributed by atoms with Gasteiger partial charge in [0.2, 0.25) is 11.8 Å². The van der Waals surface area contributed by atoms with Crippen LogP contribution < -0.4 is 0 Å². The third kappa shape index (κ3) is 2.85. The second-order valence-electron chi connectivity index (χ2n) is 8.47. The van der Waals surface area contributed by atoms with Gasteiger partial charge in [-0.3, -0.25) is 14.5 Å². The summed E-state index contributed by atoms with van der Waals surface area (Å²) in [6, 6.07) is 6.78. The quantitative estimate of drug-likeness (QED) is 0.759. The highest BCUT2D eigenvalue weighted by molar-refractivity contribution is 6.05. The maximum atomic E-state index is 13.1. The summed E-state index contributed by atoms with van der Waals surface area (Å²) in [5.74, 6) is -2.84. The molecule has 2 saturated heterocycles. The minimum Gasteiger partial charge on any atom is -0.508 e. The van der Waals surface area contributed by atoms with E-state index in [9.17, 15) is 19.8 Å². The van der Waals surface area contributed by atoms with Crippen molar-refractivity contribution in [2.24, 2.45) is 23.7 Å². The predicted octanol–water partition coefficient (Wildman–Crippen LogP) is 2.99. The average molecular weight is 387 g/mol. The molecule has 4 rings (SSSR count). The molecule has 6 atom stereocenters. The highest BCUT2D eigenvalue weighted by Gasteiger charge is 2.66. The van der Waals surface area contributed by atoms with E-state index >= 15 is 0 Å². The standard InChI is InChI=1S/C22H29NO5/c1-3-5-14-11-16-19(21(26)23(10-4-2)20(16)25)17-12-18(28-22(14,17)27)13-6-8-15(24)9-7-13/h6-9,14,16-19,24,27H,3-5,10-12H2,1-2H3/t14-,16-,17-,18-,19-,22+/m0/s1. The van der Waals surface area contributed by atoms with E-state index in [2.05, 4.69) is 6.92 Å². The number of amides is 2. The number of imide groups is 1. The first-order valence-corrected chi connectivity index (χ1v) is 10.4. The van der Waals surface area contributed by atoms with E-state index in [-0.39, 0.29) is 41.4 Å². The van der Waals surface area contributed by atoms with Crippen molar-refractivity contribution < 1.29 is 24.5 Å². The van der Waals surface area contributed by atoms with Crippen LogP contribution in [0.5, 0.6) is 5.75 Å². The molecule has 1 aromatic rings. The van der Waals surface area contributed by atoms with E-state index in [4.69, 9.17) is 4.74 Å². The van der Waals surface area contributed by atoms with Gasteiger partial charge in [-0.2, -0.15) is 0 Å². The van der Waals surface area contributed by atoms with Gasteiger partial charge in [0.05, 0.1) is 17.9 Å². The lowest BCUT2D eigenvalue weighted by Crippen LogP contribution is -2.53. The number of nitrogens with zero attached hydrogens (tertiary/aromatic N) is 1. The first-order chi connectivity index (χ1) is 13.4. The smallest absolute Gasteiger partial charge is 0.233 e. The lowest BCUT2D eigenvalue weighted by Gasteiger charge is -2.44. The van der Waals surface area contributed by atoms with Crippen LogP contribution in [-0.4, -0.2) is 39.3 Å². The molecule has 28 heavy (non-hydrogen) atoms. The Kier molecular flexibility index (Phi) is 4.96. The van der Waals surface area contributed by atoms with Crippen LogP contribution in [0.2, 0.25) is 0 Å². The van der Waals surface area contributed by atoms with Crippen molar-refractivity contribution in [2.75, 3.05) is 6.54 Å². The molecular formula is C22H29NO5. The molecule has 0 radical (unpaired) electrons. The van der Waals surface area contributed by atoms with Crippen molar-refractivity contribution in [2.45, 2.75) is 57.8 Å². The molecule has 2 aliphatic heterocycles. The summed E-state index contributed by atoms with van der Waals surface area (Å²) in [6.07, 6.45) is 3.02. The van der Waals surface area contributed by atoms with Gasteiger partial charge in [-0.1, -0.05) is 32.4 Å². The summed E-state index contributed by atoms with van der Waals surface area (Å²) in [5, 5.41) is 21.2. The highest BCUT2D eigenvalue weighted by atomic mass is 16.6. The van der Waals surface area contributed by atoms with E-state index in [1.807, 2.05) is 6.92 Å². The van der Waals surface area contributed by atoms with Gasteiger partial charge in [0.15, 0.2) is 5.79 Å². The highest BCUT2D eigenvalue weighted by Crippen LogP contribution is 2.59. The Morgan fingerprint density at radius 1 is 1.11 bits per heavy atom. The van der Waals surface area contributed by atoms with E-state index < -0.39 is 11.7 Å². The van der Waals surface area contributed by atoms with Crippen molar-refractivity contribution in [3.8, 4) is 5.75 Å². The van der Waals surface area contributed by atoms with Crippen molar-refractivity contribution in [1.29, 1.82) is 0 Å². The molecule has 6 nitrogen and oxygen atoms in total. The maximum absolute atomic E-state index is 13.1. The number of benzene rings is 1. The number of phenolic OH excluding ortho intramolecular Hbond substituents is 1. The number of carbonyl (C=O) groups is 2. The number of hydrogen-bond acceptors (Lipinski definition) is 5. The Balaban J connectivity index is 1.69. The molecule has 152 valence electrons. The molecule has 1 saturated carbocycles. The second-order valence-corrected chi connectivity index (χ2v) is 8.47. The molecule has 2 heterocycles. The third-order valence-electron chi connectivity index (χ3n) is 6.80. The first kappa shape index (κ1) is 19.4. The Morgan fingerprint density at radius 3 is 2.46 bits per heavy atom. The lowest BCUT2D eigenvalue weighted by molar-refractivity contribution is -0.270. The molecule has 2 amide bonds. The van der Waals surface area contributed by atoms with Gasteiger partial charge >= 0.3 is 0 Å². The number of fused-ring (bicyclic) bond motifs is 3. The summed E-state index contributed by atoms with van der Waals surface area (Å²) in [5.41, 5.74) is 0.870. The van der Waals surface area contributed by atoms with Gasteiger partial charge in [-0.15, -0.1) is 0 Å². The van der Waals surface area contributed by atoms with Gasteiger partial charge < -0.3 is 14.9 Å². The van der Waals surface area contributed by atoms with E-state index in [1.54, 1.807) is 24.3 Å². The zero-order valence-electron chi connectivity index (χ0n) is 16.5. The second kappa shape index (κ2) is 7.16. The summed E-state index contributed by atoms with van der Waals surface area (Å²) in [4.78, 5) is 27.4. The summed E-state index contributed by atoms with van der Waals surface area (Å²) < 4.78 is 6.22. The van der Waals surface area contributed by atoms with E-state index in [0.717, 1.165) is 24.8 Å². The number of aliphatic hydroxyl groups is 1. The molecule has 0 unspecified atom stereocenters. The average Bonchev–Trinajstić information content (AvgIpc) is 3.14. The molecule has 0 aromatic heterocycles. The fourth-order valence-corrected chi connectivity index (χ4v) is 5.57. The summed E-state index contributed by atoms with van der Waals surface area (Å²) in [6.45, 7) is 4.46. The number of phenols is 1. The minimum atomic E-state index is -1.39. The number of ether oxygens (including phenoxy) is 1. The van der Waals surface area contributed by atoms with Gasteiger partial charge in [-0.05, 0) is 43.4 Å². The van der Waals surface area contributed by atoms with Gasteiger partial charge in [0.1, 0.15) is 5.75 Å². The molecular weight excluding hydrogens is 358 g/mol. The molecule has 3 fully saturated rings. The number of hydrogen-bond donors (Lipinski definition) is 2. The number of aromatic hydroxyl groups is 1. The van der Waals surface area contributed by atoms with Gasteiger partial charge in [0, 0.05) is 18.4 Å². The zero-order chi connectivity index (χ0) is 20.1. The molecule has 6 heteroatoms. The van der Waals surface area contributed by atoms with E-state index in [0.29, 0.717) is 19.4 Å². The van der Waals surface area contributed by atoms with Crippen molar-refractivity contribution >= 4 is 11.8 Å². The monoisotopic (exact) mass is 387 g/mol. The van der Waals surface area contributed by atoms with Crippen LogP contribution in [0.3, 0.4) is 0 Å². The molecule has 1 aromatic carbocycles. The largest absolute Gasteiger partial charge is 0.508 e. The van der Waals surface area contributed by atoms with Crippen LogP contribution in [0.15, 0.2) is 24.3 Å². The summed E-state index contributed by atoms with van der Waals surface area (Å²) >= 11 is 0. The fourth-order valence-electron chi connectivity index (χ4n) is 5.57. The number of rotatable bonds is 5. The van der Waals surface area contributed by atoms with Crippen LogP contribution in [0.1, 0.15) is 57.6 Å². The SMILES string of the molecule is CCC[C@H]1C[C@@H]2C(=O)N(CCC)C(=O)[C@@H]2[C@@H]2C[C@@H](c3ccc(O)cc3)O[C@]12O. The Morgan fingerprint density at radius 2 is 1.82 bits per heavy atom. The minimum absolute atomic E-state index is 0.0758. The van der Waals surface area contributed by atoms with Crippen LogP contribution in [0.25, 0.3) is 0 Å². The van der Waals surface area contributed by atoms with Gasteiger partial charge in [0.25, 0.3) is 0 Å². The van der Waals surface area contributed by atoms with E-state index in [1.165, 1.54) is 4.90 Å². The molecule has 3 aliphatic rings. The van der Waals surface area contributed by atoms with Crippen LogP contribution in [-0.2, 0) is 14.3 Å².